The van der Waals surface area contributed by atoms with E-state index in [0.29, 0.717) is 25.8 Å². The zero-order chi connectivity index (χ0) is 31.3. The van der Waals surface area contributed by atoms with Crippen LogP contribution >= 0.6 is 0 Å². The fraction of sp³-hybridized carbons (Fsp3) is 0.613. The second-order valence-electron chi connectivity index (χ2n) is 12.7. The first-order chi connectivity index (χ1) is 20.3. The summed E-state index contributed by atoms with van der Waals surface area (Å²) in [6.45, 7) is 5.56. The third kappa shape index (κ3) is 8.36. The zero-order valence-electron chi connectivity index (χ0n) is 25.3. The number of carbonyl (C=O) groups is 4. The number of carbonyl (C=O) groups excluding carboxylic acids is 4. The predicted molar refractivity (Wildman–Crippen MR) is 160 cm³/mol. The van der Waals surface area contributed by atoms with Crippen LogP contribution in [0.15, 0.2) is 47.4 Å². The summed E-state index contributed by atoms with van der Waals surface area (Å²) in [7, 11) is -4.16. The van der Waals surface area contributed by atoms with Crippen molar-refractivity contribution in [2.24, 2.45) is 5.92 Å². The predicted octanol–water partition coefficient (Wildman–Crippen LogP) is 3.55. The standard InChI is InChI=1S/C31H44N4O7S/c1-30(2,3)42-29(39)32-24-18-13-8-6-4-5-7-10-15-22-21-31(22,33-26(36)25-19-14-20-35(25)27(24)37)28(38)34-43(40,41)23-16-11-9-12-17-23/h9-12,15-17,22,24-25H,4-8,13-14,18-21H2,1-3H3,(H,32,39)(H,33,36)(H,34,38)/t22-,24?,25+,31-/m1/s1. The lowest BCUT2D eigenvalue weighted by molar-refractivity contribution is -0.141. The number of ether oxygens (including phenoxy) is 1. The van der Waals surface area contributed by atoms with E-state index in [1.165, 1.54) is 17.0 Å². The smallest absolute Gasteiger partial charge is 0.408 e. The lowest BCUT2D eigenvalue weighted by atomic mass is 10.0. The van der Waals surface area contributed by atoms with Crippen LogP contribution in [0.1, 0.15) is 85.0 Å². The number of nitrogens with zero attached hydrogens (tertiary/aromatic N) is 1. The minimum Gasteiger partial charge on any atom is -0.444 e. The Morgan fingerprint density at radius 2 is 1.70 bits per heavy atom. The summed E-state index contributed by atoms with van der Waals surface area (Å²) >= 11 is 0. The summed E-state index contributed by atoms with van der Waals surface area (Å²) in [5, 5.41) is 5.57. The average molecular weight is 617 g/mol. The molecule has 2 fully saturated rings. The quantitative estimate of drug-likeness (QED) is 0.438. The Bertz CT molecular complexity index is 1330. The molecule has 1 unspecified atom stereocenters. The number of benzene rings is 1. The van der Waals surface area contributed by atoms with Crippen molar-refractivity contribution in [2.45, 2.75) is 113 Å². The number of amides is 4. The van der Waals surface area contributed by atoms with Gasteiger partial charge >= 0.3 is 6.09 Å². The minimum absolute atomic E-state index is 0.0563. The van der Waals surface area contributed by atoms with Gasteiger partial charge in [0.25, 0.3) is 15.9 Å². The molecule has 1 aromatic carbocycles. The van der Waals surface area contributed by atoms with E-state index in [1.54, 1.807) is 39.0 Å². The van der Waals surface area contributed by atoms with Crippen LogP contribution in [0.25, 0.3) is 0 Å². The normalized spacial score (nSPS) is 27.2. The maximum atomic E-state index is 13.8. The van der Waals surface area contributed by atoms with E-state index >= 15 is 0 Å². The van der Waals surface area contributed by atoms with Crippen LogP contribution in [0.3, 0.4) is 0 Å². The molecule has 3 N–H and O–H groups in total. The zero-order valence-corrected chi connectivity index (χ0v) is 26.1. The molecular formula is C31H44N4O7S. The number of hydrogen-bond acceptors (Lipinski definition) is 7. The Balaban J connectivity index is 1.56. The molecule has 4 rings (SSSR count). The third-order valence-electron chi connectivity index (χ3n) is 8.11. The van der Waals surface area contributed by atoms with Crippen molar-refractivity contribution in [1.82, 2.24) is 20.3 Å². The van der Waals surface area contributed by atoms with Gasteiger partial charge in [-0.3, -0.25) is 14.4 Å². The third-order valence-corrected chi connectivity index (χ3v) is 9.45. The summed E-state index contributed by atoms with van der Waals surface area (Å²) in [5.41, 5.74) is -2.19. The van der Waals surface area contributed by atoms with Crippen LogP contribution in [0.5, 0.6) is 0 Å². The van der Waals surface area contributed by atoms with Crippen LogP contribution in [-0.4, -0.2) is 66.9 Å². The molecular weight excluding hydrogens is 572 g/mol. The lowest BCUT2D eigenvalue weighted by Crippen LogP contribution is -2.58. The van der Waals surface area contributed by atoms with Gasteiger partial charge < -0.3 is 20.3 Å². The fourth-order valence-electron chi connectivity index (χ4n) is 5.77. The number of rotatable bonds is 4. The van der Waals surface area contributed by atoms with Gasteiger partial charge in [-0.15, -0.1) is 0 Å². The SMILES string of the molecule is CC(C)(C)OC(=O)NC1CCCCCCCC=C[C@@H]2C[C@@]2(C(=O)NS(=O)(=O)c2ccccc2)NC(=O)[C@@H]2CCCN2C1=O. The Kier molecular flexibility index (Phi) is 10.2. The van der Waals surface area contributed by atoms with Crippen molar-refractivity contribution in [1.29, 1.82) is 0 Å². The number of hydrogen-bond donors (Lipinski definition) is 3. The molecule has 2 heterocycles. The second-order valence-corrected chi connectivity index (χ2v) is 14.4. The van der Waals surface area contributed by atoms with Gasteiger partial charge in [-0.2, -0.15) is 0 Å². The molecule has 236 valence electrons. The minimum atomic E-state index is -4.16. The average Bonchev–Trinajstić information content (AvgIpc) is 3.40. The molecule has 2 aliphatic heterocycles. The Labute approximate surface area is 254 Å². The van der Waals surface area contributed by atoms with Gasteiger partial charge in [0.1, 0.15) is 23.2 Å². The van der Waals surface area contributed by atoms with Crippen molar-refractivity contribution >= 4 is 33.8 Å². The second kappa shape index (κ2) is 13.5. The highest BCUT2D eigenvalue weighted by Crippen LogP contribution is 2.45. The van der Waals surface area contributed by atoms with Crippen molar-refractivity contribution in [3.8, 4) is 0 Å². The van der Waals surface area contributed by atoms with Crippen molar-refractivity contribution in [2.75, 3.05) is 6.54 Å². The van der Waals surface area contributed by atoms with Crippen molar-refractivity contribution in [3.63, 3.8) is 0 Å². The molecule has 1 saturated heterocycles. The van der Waals surface area contributed by atoms with E-state index in [2.05, 4.69) is 15.4 Å². The molecule has 12 heteroatoms. The maximum Gasteiger partial charge on any atom is 0.408 e. The van der Waals surface area contributed by atoms with Crippen LogP contribution in [0.4, 0.5) is 4.79 Å². The highest BCUT2D eigenvalue weighted by Gasteiger charge is 2.61. The Hall–Kier alpha value is -3.41. The molecule has 3 aliphatic rings. The Morgan fingerprint density at radius 3 is 2.42 bits per heavy atom. The van der Waals surface area contributed by atoms with Crippen molar-refractivity contribution in [3.05, 3.63) is 42.5 Å². The summed E-state index contributed by atoms with van der Waals surface area (Å²) in [4.78, 5) is 55.1. The lowest BCUT2D eigenvalue weighted by Gasteiger charge is -2.30. The van der Waals surface area contributed by atoms with E-state index in [0.717, 1.165) is 38.5 Å². The van der Waals surface area contributed by atoms with Gasteiger partial charge in [0, 0.05) is 12.5 Å². The van der Waals surface area contributed by atoms with Gasteiger partial charge in [-0.25, -0.2) is 17.9 Å². The molecule has 11 nitrogen and oxygen atoms in total. The molecule has 4 amide bonds. The number of fused-ring (bicyclic) bond motifs is 2. The highest BCUT2D eigenvalue weighted by molar-refractivity contribution is 7.90. The van der Waals surface area contributed by atoms with E-state index < -0.39 is 51.2 Å². The fourth-order valence-corrected chi connectivity index (χ4v) is 6.83. The van der Waals surface area contributed by atoms with E-state index in [-0.39, 0.29) is 23.1 Å². The topological polar surface area (TPSA) is 151 Å². The first-order valence-corrected chi connectivity index (χ1v) is 16.7. The van der Waals surface area contributed by atoms with Crippen molar-refractivity contribution < 1.29 is 32.3 Å². The first kappa shape index (κ1) is 32.5. The molecule has 43 heavy (non-hydrogen) atoms. The molecule has 0 spiro atoms. The van der Waals surface area contributed by atoms with E-state index in [1.807, 2.05) is 12.2 Å². The summed E-state index contributed by atoms with van der Waals surface area (Å²) in [6, 6.07) is 5.87. The molecule has 1 aliphatic carbocycles. The summed E-state index contributed by atoms with van der Waals surface area (Å²) in [5.74, 6) is -2.08. The number of nitrogens with one attached hydrogen (secondary N) is 3. The number of allylic oxidation sites excluding steroid dienone is 1. The number of sulfonamides is 1. The molecule has 0 aromatic heterocycles. The molecule has 4 atom stereocenters. The van der Waals surface area contributed by atoms with Crippen LogP contribution in [0, 0.1) is 5.92 Å². The largest absolute Gasteiger partial charge is 0.444 e. The highest BCUT2D eigenvalue weighted by atomic mass is 32.2. The Morgan fingerprint density at radius 1 is 1.00 bits per heavy atom. The van der Waals surface area contributed by atoms with E-state index in [4.69, 9.17) is 4.74 Å². The molecule has 1 saturated carbocycles. The summed E-state index contributed by atoms with van der Waals surface area (Å²) in [6.07, 6.45) is 10.1. The van der Waals surface area contributed by atoms with Gasteiger partial charge in [-0.05, 0) is 71.4 Å². The van der Waals surface area contributed by atoms with Gasteiger partial charge in [0.05, 0.1) is 4.90 Å². The van der Waals surface area contributed by atoms with Crippen LogP contribution < -0.4 is 15.4 Å². The van der Waals surface area contributed by atoms with Gasteiger partial charge in [-0.1, -0.05) is 56.0 Å². The van der Waals surface area contributed by atoms with Gasteiger partial charge in [0.2, 0.25) is 11.8 Å². The number of alkyl carbamates (subject to hydrolysis) is 1. The molecule has 0 bridgehead atoms. The molecule has 1 aromatic rings. The maximum absolute atomic E-state index is 13.8. The van der Waals surface area contributed by atoms with Crippen LogP contribution in [0.2, 0.25) is 0 Å². The monoisotopic (exact) mass is 616 g/mol. The molecule has 0 radical (unpaired) electrons. The van der Waals surface area contributed by atoms with Crippen LogP contribution in [-0.2, 0) is 29.1 Å². The van der Waals surface area contributed by atoms with E-state index in [9.17, 15) is 27.6 Å². The first-order valence-electron chi connectivity index (χ1n) is 15.2. The summed E-state index contributed by atoms with van der Waals surface area (Å²) < 4.78 is 33.5. The van der Waals surface area contributed by atoms with Gasteiger partial charge in [0.15, 0.2) is 0 Å².